The molecule has 0 amide bonds. The van der Waals surface area contributed by atoms with Crippen molar-refractivity contribution < 1.29 is 26.8 Å². The fraction of sp³-hybridized carbons (Fsp3) is 0.231. The van der Waals surface area contributed by atoms with Crippen molar-refractivity contribution in [2.75, 3.05) is 0 Å². The van der Waals surface area contributed by atoms with Gasteiger partial charge in [-0.1, -0.05) is 0 Å². The number of benzene rings is 2. The summed E-state index contributed by atoms with van der Waals surface area (Å²) < 4.78 is 16.6. The zero-order chi connectivity index (χ0) is 22.2. The van der Waals surface area contributed by atoms with E-state index in [0.717, 1.165) is 12.8 Å². The first-order valence-corrected chi connectivity index (χ1v) is 15.7. The summed E-state index contributed by atoms with van der Waals surface area (Å²) in [4.78, 5) is 0. The predicted molar refractivity (Wildman–Crippen MR) is 126 cm³/mol. The van der Waals surface area contributed by atoms with E-state index < -0.39 is 21.1 Å². The first-order chi connectivity index (χ1) is 14.8. The molecule has 0 fully saturated rings. The van der Waals surface area contributed by atoms with E-state index in [-0.39, 0.29) is 0 Å². The van der Waals surface area contributed by atoms with E-state index in [4.69, 9.17) is 28.8 Å². The normalized spacial score (nSPS) is 16.6. The molecule has 0 aliphatic heterocycles. The first kappa shape index (κ1) is 22.6. The molecule has 2 aliphatic carbocycles. The van der Waals surface area contributed by atoms with Crippen LogP contribution in [0.3, 0.4) is 0 Å². The van der Waals surface area contributed by atoms with Gasteiger partial charge in [0.1, 0.15) is 0 Å². The topological polar surface area (TPSA) is 18.5 Å². The van der Waals surface area contributed by atoms with Gasteiger partial charge in [0.25, 0.3) is 0 Å². The molecule has 0 N–H and O–H groups in total. The van der Waals surface area contributed by atoms with Gasteiger partial charge in [-0.2, -0.15) is 0 Å². The molecular formula is C26H26Cl2O2Zr. The van der Waals surface area contributed by atoms with Crippen LogP contribution in [0, 0.1) is 0 Å². The van der Waals surface area contributed by atoms with Crippen molar-refractivity contribution in [1.29, 1.82) is 0 Å². The van der Waals surface area contributed by atoms with Crippen molar-refractivity contribution in [3.63, 3.8) is 0 Å². The SMILES string of the molecule is CC1=CCC(C)=[C]1[Zr]([O]c1ccccc1Cl)([O]c1ccccc1Cl)[C]1=C(C)CC=C1C. The van der Waals surface area contributed by atoms with E-state index in [2.05, 4.69) is 39.8 Å². The van der Waals surface area contributed by atoms with Crippen molar-refractivity contribution in [2.45, 2.75) is 40.5 Å². The Hall–Kier alpha value is -1.54. The molecule has 31 heavy (non-hydrogen) atoms. The zero-order valence-electron chi connectivity index (χ0n) is 18.3. The second kappa shape index (κ2) is 9.14. The molecule has 5 heteroatoms. The Morgan fingerprint density at radius 2 is 1.03 bits per heavy atom. The Morgan fingerprint density at radius 1 is 0.645 bits per heavy atom. The minimum atomic E-state index is -4.33. The molecule has 0 saturated heterocycles. The van der Waals surface area contributed by atoms with Gasteiger partial charge in [0.05, 0.1) is 0 Å². The van der Waals surface area contributed by atoms with Crippen LogP contribution in [-0.4, -0.2) is 0 Å². The van der Waals surface area contributed by atoms with E-state index in [1.807, 2.05) is 48.5 Å². The molecule has 0 unspecified atom stereocenters. The van der Waals surface area contributed by atoms with Gasteiger partial charge < -0.3 is 0 Å². The molecule has 2 aliphatic rings. The van der Waals surface area contributed by atoms with Crippen LogP contribution in [0.2, 0.25) is 10.0 Å². The number of rotatable bonds is 6. The summed E-state index contributed by atoms with van der Waals surface area (Å²) in [5.41, 5.74) is 5.06. The average molecular weight is 533 g/mol. The summed E-state index contributed by atoms with van der Waals surface area (Å²) in [5, 5.41) is 1.17. The van der Waals surface area contributed by atoms with E-state index in [1.54, 1.807) is 0 Å². The Morgan fingerprint density at radius 3 is 1.35 bits per heavy atom. The van der Waals surface area contributed by atoms with Gasteiger partial charge in [-0.25, -0.2) is 0 Å². The fourth-order valence-corrected chi connectivity index (χ4v) is 15.6. The summed E-state index contributed by atoms with van der Waals surface area (Å²) in [6.07, 6.45) is 6.36. The Bertz CT molecular complexity index is 1070. The van der Waals surface area contributed by atoms with Crippen molar-refractivity contribution in [2.24, 2.45) is 0 Å². The van der Waals surface area contributed by atoms with Gasteiger partial charge >= 0.3 is 202 Å². The maximum absolute atomic E-state index is 7.04. The maximum atomic E-state index is 7.04. The summed E-state index contributed by atoms with van der Waals surface area (Å²) in [6.45, 7) is 8.69. The monoisotopic (exact) mass is 530 g/mol. The van der Waals surface area contributed by atoms with Crippen LogP contribution in [0.25, 0.3) is 0 Å². The third kappa shape index (κ3) is 4.25. The molecule has 0 radical (unpaired) electrons. The Kier molecular flexibility index (Phi) is 6.68. The number of hydrogen-bond donors (Lipinski definition) is 0. The predicted octanol–water partition coefficient (Wildman–Crippen LogP) is 8.68. The second-order valence-corrected chi connectivity index (χ2v) is 15.5. The van der Waals surface area contributed by atoms with E-state index in [9.17, 15) is 0 Å². The van der Waals surface area contributed by atoms with Crippen LogP contribution in [0.1, 0.15) is 40.5 Å². The van der Waals surface area contributed by atoms with Gasteiger partial charge in [-0.05, 0) is 0 Å². The van der Waals surface area contributed by atoms with Gasteiger partial charge in [0.2, 0.25) is 0 Å². The summed E-state index contributed by atoms with van der Waals surface area (Å²) in [7, 11) is 0. The minimum absolute atomic E-state index is 0.585. The van der Waals surface area contributed by atoms with Crippen LogP contribution in [-0.2, 0) is 21.1 Å². The molecule has 2 aromatic rings. The molecule has 0 heterocycles. The van der Waals surface area contributed by atoms with Crippen molar-refractivity contribution >= 4 is 23.2 Å². The van der Waals surface area contributed by atoms with Gasteiger partial charge in [-0.3, -0.25) is 0 Å². The van der Waals surface area contributed by atoms with E-state index in [0.29, 0.717) is 21.5 Å². The molecule has 0 atom stereocenters. The van der Waals surface area contributed by atoms with Crippen molar-refractivity contribution in [1.82, 2.24) is 0 Å². The Balaban J connectivity index is 2.01. The van der Waals surface area contributed by atoms with Crippen LogP contribution >= 0.6 is 23.2 Å². The standard InChI is InChI=1S/2C7H9.2C6H5ClO.Zr/c2*1-6-3-4-7(2)5-6;2*7-5-3-1-2-4-6(5)8;/h2*3H,4H2,1-2H3;2*1-4,8H;/q;;;;+2/p-2. The second-order valence-electron chi connectivity index (χ2n) is 8.17. The molecule has 2 nitrogen and oxygen atoms in total. The third-order valence-electron chi connectivity index (χ3n) is 5.91. The zero-order valence-corrected chi connectivity index (χ0v) is 22.2. The number of para-hydroxylation sites is 2. The molecule has 2 aromatic carbocycles. The fourth-order valence-electron chi connectivity index (χ4n) is 4.49. The van der Waals surface area contributed by atoms with Gasteiger partial charge in [-0.15, -0.1) is 0 Å². The molecule has 0 aromatic heterocycles. The van der Waals surface area contributed by atoms with Gasteiger partial charge in [0.15, 0.2) is 0 Å². The average Bonchev–Trinajstić information content (AvgIpc) is 3.26. The first-order valence-electron chi connectivity index (χ1n) is 10.5. The summed E-state index contributed by atoms with van der Waals surface area (Å²) >= 11 is 8.85. The Labute approximate surface area is 200 Å². The van der Waals surface area contributed by atoms with Crippen molar-refractivity contribution in [3.8, 4) is 11.5 Å². The quantitative estimate of drug-likeness (QED) is 0.371. The van der Waals surface area contributed by atoms with Crippen LogP contribution in [0.15, 0.2) is 89.5 Å². The van der Waals surface area contributed by atoms with E-state index in [1.165, 1.54) is 28.9 Å². The summed E-state index contributed by atoms with van der Waals surface area (Å²) in [5.74, 6) is 1.32. The summed E-state index contributed by atoms with van der Waals surface area (Å²) in [6, 6.07) is 15.3. The molecular weight excluding hydrogens is 506 g/mol. The molecule has 4 rings (SSSR count). The van der Waals surface area contributed by atoms with Crippen LogP contribution in [0.5, 0.6) is 11.5 Å². The molecule has 160 valence electrons. The molecule has 0 saturated carbocycles. The molecule has 0 bridgehead atoms. The molecule has 0 spiro atoms. The number of hydrogen-bond acceptors (Lipinski definition) is 2. The van der Waals surface area contributed by atoms with E-state index >= 15 is 0 Å². The van der Waals surface area contributed by atoms with Crippen LogP contribution in [0.4, 0.5) is 0 Å². The van der Waals surface area contributed by atoms with Gasteiger partial charge in [0, 0.05) is 0 Å². The van der Waals surface area contributed by atoms with Crippen LogP contribution < -0.4 is 5.63 Å². The number of allylic oxidation sites excluding steroid dienone is 8. The number of halogens is 2. The van der Waals surface area contributed by atoms with Crippen molar-refractivity contribution in [3.05, 3.63) is 99.6 Å². The third-order valence-corrected chi connectivity index (χ3v) is 16.3.